The van der Waals surface area contributed by atoms with Crippen molar-refractivity contribution < 1.29 is 19.0 Å². The highest BCUT2D eigenvalue weighted by atomic mass is 16.5. The number of nitrogens with one attached hydrogen (secondary N) is 1. The van der Waals surface area contributed by atoms with Crippen molar-refractivity contribution in [3.8, 4) is 5.75 Å². The third-order valence-electron chi connectivity index (χ3n) is 2.75. The van der Waals surface area contributed by atoms with Crippen molar-refractivity contribution in [3.63, 3.8) is 0 Å². The molecule has 0 fully saturated rings. The summed E-state index contributed by atoms with van der Waals surface area (Å²) in [6.07, 6.45) is 0. The van der Waals surface area contributed by atoms with Crippen LogP contribution in [0.15, 0.2) is 24.3 Å². The number of rotatable bonds is 7. The first-order valence-corrected chi connectivity index (χ1v) is 6.14. The lowest BCUT2D eigenvalue weighted by atomic mass is 10.0. The summed E-state index contributed by atoms with van der Waals surface area (Å²) in [5.74, 6) is 0.279. The fourth-order valence-electron chi connectivity index (χ4n) is 1.72. The summed E-state index contributed by atoms with van der Waals surface area (Å²) in [5.41, 5.74) is -0.239. The molecule has 0 saturated carbocycles. The number of hydrogen-bond acceptors (Lipinski definition) is 5. The van der Waals surface area contributed by atoms with Crippen molar-refractivity contribution in [2.24, 2.45) is 0 Å². The average molecular weight is 267 g/mol. The first-order chi connectivity index (χ1) is 9.07. The van der Waals surface area contributed by atoms with Crippen molar-refractivity contribution >= 4 is 11.7 Å². The van der Waals surface area contributed by atoms with Gasteiger partial charge in [-0.05, 0) is 26.0 Å². The summed E-state index contributed by atoms with van der Waals surface area (Å²) >= 11 is 0. The molecule has 0 aromatic heterocycles. The summed E-state index contributed by atoms with van der Waals surface area (Å²) in [5, 5.41) is 3.14. The average Bonchev–Trinajstić information content (AvgIpc) is 2.44. The second kappa shape index (κ2) is 6.99. The van der Waals surface area contributed by atoms with E-state index in [-0.39, 0.29) is 12.6 Å². The fourth-order valence-corrected chi connectivity index (χ4v) is 1.72. The van der Waals surface area contributed by atoms with E-state index in [0.29, 0.717) is 12.4 Å². The summed E-state index contributed by atoms with van der Waals surface area (Å²) in [6, 6.07) is 7.39. The Bertz CT molecular complexity index is 422. The zero-order valence-electron chi connectivity index (χ0n) is 11.9. The minimum Gasteiger partial charge on any atom is -0.495 e. The Labute approximate surface area is 113 Å². The first-order valence-electron chi connectivity index (χ1n) is 6.14. The van der Waals surface area contributed by atoms with Crippen LogP contribution in [0.5, 0.6) is 5.75 Å². The van der Waals surface area contributed by atoms with Gasteiger partial charge in [-0.25, -0.2) is 4.79 Å². The molecule has 0 aliphatic heterocycles. The standard InChI is InChI=1S/C14H21NO4/c1-5-19-10-14(2,13(16)18-4)15-11-8-6-7-9-12(11)17-3/h6-9,15H,5,10H2,1-4H3. The molecule has 1 aromatic carbocycles. The van der Waals surface area contributed by atoms with Crippen LogP contribution in [0.4, 0.5) is 5.69 Å². The molecule has 0 saturated heterocycles. The molecule has 0 bridgehead atoms. The van der Waals surface area contributed by atoms with E-state index in [1.54, 1.807) is 14.0 Å². The van der Waals surface area contributed by atoms with Crippen molar-refractivity contribution in [2.75, 3.05) is 32.8 Å². The van der Waals surface area contributed by atoms with Gasteiger partial charge < -0.3 is 19.5 Å². The summed E-state index contributed by atoms with van der Waals surface area (Å²) in [7, 11) is 2.94. The molecule has 1 unspecified atom stereocenters. The highest BCUT2D eigenvalue weighted by molar-refractivity contribution is 5.84. The lowest BCUT2D eigenvalue weighted by Gasteiger charge is -2.29. The van der Waals surface area contributed by atoms with Crippen LogP contribution >= 0.6 is 0 Å². The van der Waals surface area contributed by atoms with Crippen LogP contribution in [0.3, 0.4) is 0 Å². The molecule has 0 aliphatic rings. The van der Waals surface area contributed by atoms with E-state index < -0.39 is 5.54 Å². The van der Waals surface area contributed by atoms with Crippen LogP contribution in [0.1, 0.15) is 13.8 Å². The van der Waals surface area contributed by atoms with Gasteiger partial charge in [0.2, 0.25) is 0 Å². The van der Waals surface area contributed by atoms with E-state index in [4.69, 9.17) is 14.2 Å². The van der Waals surface area contributed by atoms with Crippen molar-refractivity contribution in [2.45, 2.75) is 19.4 Å². The van der Waals surface area contributed by atoms with E-state index in [0.717, 1.165) is 5.69 Å². The largest absolute Gasteiger partial charge is 0.495 e. The number of benzene rings is 1. The molecular formula is C14H21NO4. The van der Waals surface area contributed by atoms with Crippen LogP contribution < -0.4 is 10.1 Å². The van der Waals surface area contributed by atoms with E-state index in [2.05, 4.69) is 5.32 Å². The van der Waals surface area contributed by atoms with Gasteiger partial charge in [-0.3, -0.25) is 0 Å². The lowest BCUT2D eigenvalue weighted by Crippen LogP contribution is -2.48. The second-order valence-corrected chi connectivity index (χ2v) is 4.29. The Balaban J connectivity index is 2.96. The van der Waals surface area contributed by atoms with Crippen molar-refractivity contribution in [3.05, 3.63) is 24.3 Å². The molecule has 0 radical (unpaired) electrons. The number of hydrogen-bond donors (Lipinski definition) is 1. The molecule has 1 aromatic rings. The van der Waals surface area contributed by atoms with Gasteiger partial charge in [-0.1, -0.05) is 12.1 Å². The van der Waals surface area contributed by atoms with Gasteiger partial charge in [0.05, 0.1) is 26.5 Å². The molecule has 5 nitrogen and oxygen atoms in total. The Morgan fingerprint density at radius 2 is 2.00 bits per heavy atom. The predicted octanol–water partition coefficient (Wildman–Crippen LogP) is 2.08. The minimum absolute atomic E-state index is 0.216. The summed E-state index contributed by atoms with van der Waals surface area (Å²) < 4.78 is 15.5. The van der Waals surface area contributed by atoms with Crippen LogP contribution in [0.2, 0.25) is 0 Å². The van der Waals surface area contributed by atoms with E-state index in [9.17, 15) is 4.79 Å². The normalized spacial score (nSPS) is 13.5. The lowest BCUT2D eigenvalue weighted by molar-refractivity contribution is -0.147. The van der Waals surface area contributed by atoms with Crippen LogP contribution in [0.25, 0.3) is 0 Å². The van der Waals surface area contributed by atoms with Crippen LogP contribution in [-0.4, -0.2) is 38.9 Å². The van der Waals surface area contributed by atoms with Crippen molar-refractivity contribution in [1.82, 2.24) is 0 Å². The van der Waals surface area contributed by atoms with Crippen LogP contribution in [0, 0.1) is 0 Å². The Morgan fingerprint density at radius 3 is 2.58 bits per heavy atom. The molecule has 1 atom stereocenters. The number of esters is 1. The molecule has 0 heterocycles. The van der Waals surface area contributed by atoms with E-state index in [1.807, 2.05) is 31.2 Å². The van der Waals surface area contributed by atoms with Crippen LogP contribution in [-0.2, 0) is 14.3 Å². The maximum absolute atomic E-state index is 11.9. The number of carbonyl (C=O) groups excluding carboxylic acids is 1. The first kappa shape index (κ1) is 15.3. The fraction of sp³-hybridized carbons (Fsp3) is 0.500. The zero-order valence-corrected chi connectivity index (χ0v) is 11.9. The molecule has 1 rings (SSSR count). The Hall–Kier alpha value is -1.75. The number of para-hydroxylation sites is 2. The minimum atomic E-state index is -0.959. The number of methoxy groups -OCH3 is 2. The number of ether oxygens (including phenoxy) is 3. The van der Waals surface area contributed by atoms with Gasteiger partial charge in [-0.15, -0.1) is 0 Å². The smallest absolute Gasteiger partial charge is 0.333 e. The second-order valence-electron chi connectivity index (χ2n) is 4.29. The highest BCUT2D eigenvalue weighted by Gasteiger charge is 2.35. The molecule has 0 aliphatic carbocycles. The zero-order chi connectivity index (χ0) is 14.3. The molecule has 0 amide bonds. The Morgan fingerprint density at radius 1 is 1.32 bits per heavy atom. The van der Waals surface area contributed by atoms with Gasteiger partial charge in [-0.2, -0.15) is 0 Å². The molecular weight excluding hydrogens is 246 g/mol. The topological polar surface area (TPSA) is 56.8 Å². The molecule has 0 spiro atoms. The predicted molar refractivity (Wildman–Crippen MR) is 73.5 cm³/mol. The van der Waals surface area contributed by atoms with E-state index in [1.165, 1.54) is 7.11 Å². The van der Waals surface area contributed by atoms with Gasteiger partial charge in [0, 0.05) is 6.61 Å². The van der Waals surface area contributed by atoms with E-state index >= 15 is 0 Å². The molecule has 19 heavy (non-hydrogen) atoms. The molecule has 5 heteroatoms. The van der Waals surface area contributed by atoms with Crippen molar-refractivity contribution in [1.29, 1.82) is 0 Å². The van der Waals surface area contributed by atoms with Gasteiger partial charge in [0.1, 0.15) is 5.75 Å². The third kappa shape index (κ3) is 3.86. The maximum Gasteiger partial charge on any atom is 0.333 e. The Kier molecular flexibility index (Phi) is 5.63. The quantitative estimate of drug-likeness (QED) is 0.766. The van der Waals surface area contributed by atoms with Gasteiger partial charge in [0.25, 0.3) is 0 Å². The number of carbonyl (C=O) groups is 1. The monoisotopic (exact) mass is 267 g/mol. The maximum atomic E-state index is 11.9. The van der Waals surface area contributed by atoms with Gasteiger partial charge in [0.15, 0.2) is 5.54 Å². The SMILES string of the molecule is CCOCC(C)(Nc1ccccc1OC)C(=O)OC. The summed E-state index contributed by atoms with van der Waals surface area (Å²) in [6.45, 7) is 4.36. The summed E-state index contributed by atoms with van der Waals surface area (Å²) in [4.78, 5) is 11.9. The molecule has 106 valence electrons. The third-order valence-corrected chi connectivity index (χ3v) is 2.75. The van der Waals surface area contributed by atoms with Gasteiger partial charge >= 0.3 is 5.97 Å². The highest BCUT2D eigenvalue weighted by Crippen LogP contribution is 2.27. The number of anilines is 1. The molecule has 1 N–H and O–H groups in total.